The highest BCUT2D eigenvalue weighted by molar-refractivity contribution is 5.87. The van der Waals surface area contributed by atoms with Gasteiger partial charge in [-0.1, -0.05) is 6.07 Å². The van der Waals surface area contributed by atoms with Crippen LogP contribution in [0.5, 0.6) is 0 Å². The predicted octanol–water partition coefficient (Wildman–Crippen LogP) is 2.43. The highest BCUT2D eigenvalue weighted by Gasteiger charge is 2.52. The number of carboxylic acids is 1. The molecule has 6 heteroatoms. The number of ether oxygens (including phenoxy) is 2. The van der Waals surface area contributed by atoms with Crippen molar-refractivity contribution in [3.63, 3.8) is 0 Å². The molecule has 3 rings (SSSR count). The zero-order valence-corrected chi connectivity index (χ0v) is 13.3. The summed E-state index contributed by atoms with van der Waals surface area (Å²) in [5, 5.41) is 9.49. The van der Waals surface area contributed by atoms with E-state index in [0.717, 1.165) is 12.8 Å². The lowest BCUT2D eigenvalue weighted by Crippen LogP contribution is -2.34. The highest BCUT2D eigenvalue weighted by atomic mass is 19.1. The Labute approximate surface area is 139 Å². The van der Waals surface area contributed by atoms with Gasteiger partial charge in [-0.05, 0) is 48.6 Å². The number of hydrogen-bond donors (Lipinski definition) is 1. The number of methoxy groups -OCH3 is 1. The van der Waals surface area contributed by atoms with E-state index in [2.05, 4.69) is 4.74 Å². The van der Waals surface area contributed by atoms with Crippen molar-refractivity contribution in [1.29, 1.82) is 0 Å². The minimum atomic E-state index is -0.866. The number of esters is 1. The standard InChI is InChI=1S/C18H19FO5/c1-23-16(20)7-3-10-2-4-12(19)8-11(10)9-13-14-5-6-15(24-14)17(13)18(21)22/h2-4,7-8,13-15,17H,5-6,9H2,1H3,(H,21,22)/b7-3+. The van der Waals surface area contributed by atoms with Crippen LogP contribution in [0.1, 0.15) is 24.0 Å². The lowest BCUT2D eigenvalue weighted by atomic mass is 9.75. The molecule has 1 N–H and O–H groups in total. The van der Waals surface area contributed by atoms with Crippen molar-refractivity contribution in [2.75, 3.05) is 7.11 Å². The van der Waals surface area contributed by atoms with Crippen LogP contribution in [0.3, 0.4) is 0 Å². The summed E-state index contributed by atoms with van der Waals surface area (Å²) in [4.78, 5) is 22.8. The second kappa shape index (κ2) is 6.73. The van der Waals surface area contributed by atoms with Crippen molar-refractivity contribution in [2.45, 2.75) is 31.5 Å². The van der Waals surface area contributed by atoms with Gasteiger partial charge in [0, 0.05) is 12.0 Å². The van der Waals surface area contributed by atoms with Crippen LogP contribution in [0.15, 0.2) is 24.3 Å². The fourth-order valence-corrected chi connectivity index (χ4v) is 3.77. The van der Waals surface area contributed by atoms with Crippen molar-refractivity contribution >= 4 is 18.0 Å². The van der Waals surface area contributed by atoms with Crippen LogP contribution >= 0.6 is 0 Å². The average Bonchev–Trinajstić information content (AvgIpc) is 3.15. The summed E-state index contributed by atoms with van der Waals surface area (Å²) in [5.41, 5.74) is 1.34. The molecule has 0 saturated carbocycles. The molecule has 0 radical (unpaired) electrons. The van der Waals surface area contributed by atoms with Gasteiger partial charge in [0.15, 0.2) is 0 Å². The Balaban J connectivity index is 1.86. The molecule has 0 amide bonds. The Hall–Kier alpha value is -2.21. The molecule has 1 aromatic carbocycles. The lowest BCUT2D eigenvalue weighted by Gasteiger charge is -2.25. The first-order chi connectivity index (χ1) is 11.5. The summed E-state index contributed by atoms with van der Waals surface area (Å²) in [7, 11) is 1.28. The molecule has 2 heterocycles. The molecule has 2 saturated heterocycles. The van der Waals surface area contributed by atoms with E-state index in [9.17, 15) is 19.1 Å². The quantitative estimate of drug-likeness (QED) is 0.661. The van der Waals surface area contributed by atoms with Crippen LogP contribution in [0.2, 0.25) is 0 Å². The Bertz CT molecular complexity index is 684. The molecule has 4 atom stereocenters. The zero-order valence-electron chi connectivity index (χ0n) is 13.3. The molecule has 2 aliphatic heterocycles. The molecule has 5 nitrogen and oxygen atoms in total. The van der Waals surface area contributed by atoms with Gasteiger partial charge in [0.2, 0.25) is 0 Å². The fraction of sp³-hybridized carbons (Fsp3) is 0.444. The molecule has 2 fully saturated rings. The first kappa shape index (κ1) is 16.6. The van der Waals surface area contributed by atoms with Gasteiger partial charge >= 0.3 is 11.9 Å². The number of carbonyl (C=O) groups excluding carboxylic acids is 1. The number of rotatable bonds is 5. The van der Waals surface area contributed by atoms with Crippen LogP contribution < -0.4 is 0 Å². The van der Waals surface area contributed by atoms with Gasteiger partial charge in [0.25, 0.3) is 0 Å². The minimum Gasteiger partial charge on any atom is -0.481 e. The number of halogens is 1. The van der Waals surface area contributed by atoms with Crippen LogP contribution in [-0.2, 0) is 25.5 Å². The lowest BCUT2D eigenvalue weighted by molar-refractivity contribution is -0.144. The predicted molar refractivity (Wildman–Crippen MR) is 83.7 cm³/mol. The van der Waals surface area contributed by atoms with E-state index in [1.807, 2.05) is 0 Å². The van der Waals surface area contributed by atoms with Crippen molar-refractivity contribution in [1.82, 2.24) is 0 Å². The number of fused-ring (bicyclic) bond motifs is 2. The Kier molecular flexibility index (Phi) is 4.66. The number of carboxylic acid groups (broad SMARTS) is 1. The Morgan fingerprint density at radius 2 is 2.12 bits per heavy atom. The number of carbonyl (C=O) groups is 2. The second-order valence-electron chi connectivity index (χ2n) is 6.22. The van der Waals surface area contributed by atoms with Gasteiger partial charge in [-0.3, -0.25) is 4.79 Å². The van der Waals surface area contributed by atoms with Crippen LogP contribution in [0.25, 0.3) is 6.08 Å². The third-order valence-electron chi connectivity index (χ3n) is 4.87. The molecular formula is C18H19FO5. The first-order valence-corrected chi connectivity index (χ1v) is 7.92. The van der Waals surface area contributed by atoms with Crippen LogP contribution in [-0.4, -0.2) is 36.4 Å². The molecule has 0 aliphatic carbocycles. The maximum Gasteiger partial charge on any atom is 0.330 e. The maximum absolute atomic E-state index is 13.7. The molecule has 24 heavy (non-hydrogen) atoms. The van der Waals surface area contributed by atoms with E-state index in [-0.39, 0.29) is 18.1 Å². The SMILES string of the molecule is COC(=O)/C=C/c1ccc(F)cc1CC1C2CCC(O2)C1C(=O)O. The molecule has 1 aromatic rings. The molecule has 0 spiro atoms. The summed E-state index contributed by atoms with van der Waals surface area (Å²) in [6.07, 6.45) is 4.47. The molecule has 2 bridgehead atoms. The van der Waals surface area contributed by atoms with Crippen molar-refractivity contribution in [3.8, 4) is 0 Å². The Morgan fingerprint density at radius 3 is 2.83 bits per heavy atom. The zero-order chi connectivity index (χ0) is 17.3. The van der Waals surface area contributed by atoms with Gasteiger partial charge < -0.3 is 14.6 Å². The highest BCUT2D eigenvalue weighted by Crippen LogP contribution is 2.45. The average molecular weight is 334 g/mol. The smallest absolute Gasteiger partial charge is 0.330 e. The fourth-order valence-electron chi connectivity index (χ4n) is 3.77. The second-order valence-corrected chi connectivity index (χ2v) is 6.22. The van der Waals surface area contributed by atoms with E-state index in [0.29, 0.717) is 17.5 Å². The van der Waals surface area contributed by atoms with Crippen molar-refractivity contribution in [3.05, 3.63) is 41.2 Å². The topological polar surface area (TPSA) is 72.8 Å². The molecule has 2 aliphatic rings. The molecule has 0 aromatic heterocycles. The van der Waals surface area contributed by atoms with Gasteiger partial charge in [-0.25, -0.2) is 9.18 Å². The minimum absolute atomic E-state index is 0.100. The summed E-state index contributed by atoms with van der Waals surface area (Å²) in [6.45, 7) is 0. The normalized spacial score (nSPS) is 28.4. The van der Waals surface area contributed by atoms with E-state index in [4.69, 9.17) is 4.74 Å². The summed E-state index contributed by atoms with van der Waals surface area (Å²) in [5.74, 6) is -2.51. The number of hydrogen-bond acceptors (Lipinski definition) is 4. The molecular weight excluding hydrogens is 315 g/mol. The Morgan fingerprint density at radius 1 is 1.38 bits per heavy atom. The van der Waals surface area contributed by atoms with Gasteiger partial charge in [0.05, 0.1) is 25.2 Å². The monoisotopic (exact) mass is 334 g/mol. The van der Waals surface area contributed by atoms with E-state index in [1.165, 1.54) is 25.3 Å². The summed E-state index contributed by atoms with van der Waals surface area (Å²) >= 11 is 0. The van der Waals surface area contributed by atoms with Gasteiger partial charge in [-0.2, -0.15) is 0 Å². The van der Waals surface area contributed by atoms with E-state index in [1.54, 1.807) is 12.1 Å². The summed E-state index contributed by atoms with van der Waals surface area (Å²) in [6, 6.07) is 4.28. The number of aliphatic carboxylic acids is 1. The van der Waals surface area contributed by atoms with E-state index >= 15 is 0 Å². The van der Waals surface area contributed by atoms with Crippen LogP contribution in [0.4, 0.5) is 4.39 Å². The van der Waals surface area contributed by atoms with Gasteiger partial charge in [0.1, 0.15) is 5.82 Å². The van der Waals surface area contributed by atoms with E-state index < -0.39 is 23.7 Å². The van der Waals surface area contributed by atoms with Crippen molar-refractivity contribution < 1.29 is 28.6 Å². The third kappa shape index (κ3) is 3.19. The maximum atomic E-state index is 13.7. The summed E-state index contributed by atoms with van der Waals surface area (Å²) < 4.78 is 24.0. The largest absolute Gasteiger partial charge is 0.481 e. The van der Waals surface area contributed by atoms with Crippen molar-refractivity contribution in [2.24, 2.45) is 11.8 Å². The van der Waals surface area contributed by atoms with Crippen LogP contribution in [0, 0.1) is 17.7 Å². The first-order valence-electron chi connectivity index (χ1n) is 7.92. The number of benzene rings is 1. The third-order valence-corrected chi connectivity index (χ3v) is 4.87. The van der Waals surface area contributed by atoms with Gasteiger partial charge in [-0.15, -0.1) is 0 Å². The molecule has 4 unspecified atom stereocenters. The molecule has 128 valence electrons.